The zero-order valence-electron chi connectivity index (χ0n) is 14.9. The summed E-state index contributed by atoms with van der Waals surface area (Å²) in [5.74, 6) is 0.637. The van der Waals surface area contributed by atoms with E-state index in [1.807, 2.05) is 13.0 Å². The van der Waals surface area contributed by atoms with E-state index < -0.39 is 0 Å². The maximum atomic E-state index is 12.4. The van der Waals surface area contributed by atoms with E-state index in [1.54, 1.807) is 43.3 Å². The molecule has 3 aromatic rings. The molecule has 6 nitrogen and oxygen atoms in total. The van der Waals surface area contributed by atoms with Gasteiger partial charge < -0.3 is 4.57 Å². The fourth-order valence-electron chi connectivity index (χ4n) is 2.84. The largest absolute Gasteiger partial charge is 0.329 e. The van der Waals surface area contributed by atoms with Crippen LogP contribution < -0.4 is 5.43 Å². The van der Waals surface area contributed by atoms with E-state index in [1.165, 1.54) is 0 Å². The van der Waals surface area contributed by atoms with Crippen LogP contribution in [0.1, 0.15) is 41.2 Å². The number of aromatic nitrogens is 2. The summed E-state index contributed by atoms with van der Waals surface area (Å²) >= 11 is 0. The Labute approximate surface area is 151 Å². The maximum absolute atomic E-state index is 12.4. The number of nitrogens with one attached hydrogen (secondary N) is 1. The van der Waals surface area contributed by atoms with Gasteiger partial charge in [0, 0.05) is 12.1 Å². The lowest BCUT2D eigenvalue weighted by atomic mass is 10.1. The highest BCUT2D eigenvalue weighted by atomic mass is 16.2. The van der Waals surface area contributed by atoms with Gasteiger partial charge >= 0.3 is 0 Å². The van der Waals surface area contributed by atoms with Crippen molar-refractivity contribution in [2.24, 2.45) is 5.10 Å². The van der Waals surface area contributed by atoms with Crippen LogP contribution in [-0.2, 0) is 6.54 Å². The Kier molecular flexibility index (Phi) is 4.81. The van der Waals surface area contributed by atoms with Crippen LogP contribution in [0.3, 0.4) is 0 Å². The number of hydrogen-bond acceptors (Lipinski definition) is 4. The number of benzene rings is 2. The van der Waals surface area contributed by atoms with Crippen molar-refractivity contribution in [2.45, 2.75) is 27.3 Å². The average Bonchev–Trinajstić information content (AvgIpc) is 2.99. The molecule has 0 radical (unpaired) electrons. The van der Waals surface area contributed by atoms with Crippen LogP contribution in [-0.4, -0.2) is 21.2 Å². The van der Waals surface area contributed by atoms with Crippen LogP contribution in [0.25, 0.3) is 11.0 Å². The van der Waals surface area contributed by atoms with Gasteiger partial charge in [0.2, 0.25) is 0 Å². The molecule has 0 unspecified atom stereocenters. The van der Waals surface area contributed by atoms with Crippen molar-refractivity contribution in [1.29, 1.82) is 5.26 Å². The summed E-state index contributed by atoms with van der Waals surface area (Å²) in [6, 6.07) is 14.6. The van der Waals surface area contributed by atoms with Gasteiger partial charge in [-0.2, -0.15) is 10.4 Å². The first-order chi connectivity index (χ1) is 12.5. The molecule has 0 atom stereocenters. The molecule has 1 amide bonds. The van der Waals surface area contributed by atoms with Crippen molar-refractivity contribution in [3.05, 3.63) is 65.0 Å². The minimum atomic E-state index is -0.288. The second-order valence-corrected chi connectivity index (χ2v) is 5.93. The molecule has 0 aliphatic carbocycles. The standard InChI is InChI=1S/C20H19N5O/c1-4-25-14(3)22-18-11-17(9-10-19(18)25)20(26)24-23-13(2)16-7-5-15(12-21)6-8-16/h5-11H,4H2,1-3H3,(H,24,26)/b23-13+. The summed E-state index contributed by atoms with van der Waals surface area (Å²) in [5.41, 5.74) is 6.98. The third-order valence-electron chi connectivity index (χ3n) is 4.27. The molecule has 130 valence electrons. The first-order valence-electron chi connectivity index (χ1n) is 8.35. The third kappa shape index (κ3) is 3.33. The number of hydrazone groups is 1. The Morgan fingerprint density at radius 3 is 2.58 bits per heavy atom. The molecule has 0 spiro atoms. The first kappa shape index (κ1) is 17.4. The van der Waals surface area contributed by atoms with Crippen molar-refractivity contribution in [1.82, 2.24) is 15.0 Å². The second kappa shape index (κ2) is 7.19. The van der Waals surface area contributed by atoms with Crippen molar-refractivity contribution in [3.8, 4) is 6.07 Å². The summed E-state index contributed by atoms with van der Waals surface area (Å²) in [5, 5.41) is 13.0. The predicted octanol–water partition coefficient (Wildman–Crippen LogP) is 3.39. The number of carbonyl (C=O) groups excluding carboxylic acids is 1. The summed E-state index contributed by atoms with van der Waals surface area (Å²) < 4.78 is 2.10. The molecule has 26 heavy (non-hydrogen) atoms. The lowest BCUT2D eigenvalue weighted by molar-refractivity contribution is 0.0955. The lowest BCUT2D eigenvalue weighted by Crippen LogP contribution is -2.19. The number of aryl methyl sites for hydroxylation is 2. The van der Waals surface area contributed by atoms with E-state index >= 15 is 0 Å². The fourth-order valence-corrected chi connectivity index (χ4v) is 2.84. The molecule has 0 saturated heterocycles. The number of amides is 1. The van der Waals surface area contributed by atoms with Gasteiger partial charge in [-0.05, 0) is 56.7 Å². The SMILES string of the molecule is CCn1c(C)nc2cc(C(=O)N/N=C(\C)c3ccc(C#N)cc3)ccc21. The van der Waals surface area contributed by atoms with Gasteiger partial charge in [-0.15, -0.1) is 0 Å². The number of rotatable bonds is 4. The number of imidazole rings is 1. The van der Waals surface area contributed by atoms with Crippen LogP contribution in [0.2, 0.25) is 0 Å². The van der Waals surface area contributed by atoms with Gasteiger partial charge in [-0.25, -0.2) is 10.4 Å². The van der Waals surface area contributed by atoms with Gasteiger partial charge in [0.1, 0.15) is 5.82 Å². The highest BCUT2D eigenvalue weighted by Crippen LogP contribution is 2.17. The van der Waals surface area contributed by atoms with E-state index in [2.05, 4.69) is 33.1 Å². The molecule has 0 fully saturated rings. The number of hydrogen-bond donors (Lipinski definition) is 1. The van der Waals surface area contributed by atoms with Crippen molar-refractivity contribution < 1.29 is 4.79 Å². The van der Waals surface area contributed by atoms with Crippen LogP contribution in [0.5, 0.6) is 0 Å². The topological polar surface area (TPSA) is 83.1 Å². The summed E-state index contributed by atoms with van der Waals surface area (Å²) in [6.45, 7) is 6.66. The Hall–Kier alpha value is -3.46. The van der Waals surface area contributed by atoms with Gasteiger partial charge in [0.25, 0.3) is 5.91 Å². The summed E-state index contributed by atoms with van der Waals surface area (Å²) in [7, 11) is 0. The number of nitrogens with zero attached hydrogens (tertiary/aromatic N) is 4. The molecule has 0 saturated carbocycles. The zero-order chi connectivity index (χ0) is 18.7. The van der Waals surface area contributed by atoms with Crippen molar-refractivity contribution in [2.75, 3.05) is 0 Å². The second-order valence-electron chi connectivity index (χ2n) is 5.93. The van der Waals surface area contributed by atoms with Crippen molar-refractivity contribution in [3.63, 3.8) is 0 Å². The van der Waals surface area contributed by atoms with E-state index in [-0.39, 0.29) is 5.91 Å². The molecule has 1 aromatic heterocycles. The number of fused-ring (bicyclic) bond motifs is 1. The smallest absolute Gasteiger partial charge is 0.271 e. The lowest BCUT2D eigenvalue weighted by Gasteiger charge is -2.04. The van der Waals surface area contributed by atoms with Crippen molar-refractivity contribution >= 4 is 22.7 Å². The normalized spacial score (nSPS) is 11.4. The third-order valence-corrected chi connectivity index (χ3v) is 4.27. The Balaban J connectivity index is 1.78. The summed E-state index contributed by atoms with van der Waals surface area (Å²) in [4.78, 5) is 16.9. The van der Waals surface area contributed by atoms with Crippen LogP contribution in [0.15, 0.2) is 47.6 Å². The average molecular weight is 345 g/mol. The molecule has 1 heterocycles. The molecular weight excluding hydrogens is 326 g/mol. The molecule has 2 aromatic carbocycles. The highest BCUT2D eigenvalue weighted by molar-refractivity contribution is 6.01. The molecule has 0 aliphatic heterocycles. The maximum Gasteiger partial charge on any atom is 0.271 e. The number of carbonyl (C=O) groups is 1. The van der Waals surface area contributed by atoms with E-state index in [9.17, 15) is 4.79 Å². The number of nitriles is 1. The molecule has 0 aliphatic rings. The Bertz CT molecular complexity index is 1040. The van der Waals surface area contributed by atoms with Crippen LogP contribution in [0.4, 0.5) is 0 Å². The van der Waals surface area contributed by atoms with E-state index in [0.717, 1.165) is 29.0 Å². The van der Waals surface area contributed by atoms with Gasteiger partial charge in [-0.1, -0.05) is 12.1 Å². The molecule has 6 heteroatoms. The minimum absolute atomic E-state index is 0.288. The van der Waals surface area contributed by atoms with Crippen LogP contribution >= 0.6 is 0 Å². The fraction of sp³-hybridized carbons (Fsp3) is 0.200. The van der Waals surface area contributed by atoms with Crippen LogP contribution in [0, 0.1) is 18.3 Å². The zero-order valence-corrected chi connectivity index (χ0v) is 14.9. The Morgan fingerprint density at radius 2 is 1.92 bits per heavy atom. The highest BCUT2D eigenvalue weighted by Gasteiger charge is 2.10. The monoisotopic (exact) mass is 345 g/mol. The molecular formula is C20H19N5O. The first-order valence-corrected chi connectivity index (χ1v) is 8.35. The molecule has 1 N–H and O–H groups in total. The minimum Gasteiger partial charge on any atom is -0.329 e. The Morgan fingerprint density at radius 1 is 1.23 bits per heavy atom. The molecule has 0 bridgehead atoms. The van der Waals surface area contributed by atoms with Gasteiger partial charge in [-0.3, -0.25) is 4.79 Å². The van der Waals surface area contributed by atoms with E-state index in [4.69, 9.17) is 5.26 Å². The quantitative estimate of drug-likeness (QED) is 0.581. The summed E-state index contributed by atoms with van der Waals surface area (Å²) in [6.07, 6.45) is 0. The molecule has 3 rings (SSSR count). The van der Waals surface area contributed by atoms with E-state index in [0.29, 0.717) is 16.8 Å². The van der Waals surface area contributed by atoms with Gasteiger partial charge in [0.15, 0.2) is 0 Å². The van der Waals surface area contributed by atoms with Gasteiger partial charge in [0.05, 0.1) is 28.4 Å². The predicted molar refractivity (Wildman–Crippen MR) is 101 cm³/mol.